The van der Waals surface area contributed by atoms with Gasteiger partial charge in [-0.25, -0.2) is 4.39 Å². The number of hydrogen-bond acceptors (Lipinski definition) is 6. The van der Waals surface area contributed by atoms with Crippen molar-refractivity contribution < 1.29 is 9.13 Å². The molecule has 0 fully saturated rings. The molecular weight excluding hydrogens is 296 g/mol. The lowest BCUT2D eigenvalue weighted by molar-refractivity contribution is 0.380. The molecule has 0 amide bonds. The molecule has 2 aromatic rings. The molecule has 0 saturated heterocycles. The van der Waals surface area contributed by atoms with Crippen molar-refractivity contribution in [1.82, 2.24) is 15.0 Å². The van der Waals surface area contributed by atoms with Crippen LogP contribution < -0.4 is 15.8 Å². The number of aromatic nitrogens is 3. The number of benzene rings is 1. The van der Waals surface area contributed by atoms with Crippen molar-refractivity contribution in [2.75, 3.05) is 18.2 Å². The SMILES string of the molecule is COc1nc(N)nc(Nc2cc(Cl)c(F)c(Cl)c2)n1. The molecule has 19 heavy (non-hydrogen) atoms. The molecule has 100 valence electrons. The van der Waals surface area contributed by atoms with E-state index in [0.29, 0.717) is 5.69 Å². The van der Waals surface area contributed by atoms with E-state index in [1.807, 2.05) is 0 Å². The van der Waals surface area contributed by atoms with Gasteiger partial charge in [-0.15, -0.1) is 0 Å². The second kappa shape index (κ2) is 5.41. The monoisotopic (exact) mass is 303 g/mol. The van der Waals surface area contributed by atoms with E-state index in [1.54, 1.807) is 0 Å². The van der Waals surface area contributed by atoms with Crippen LogP contribution in [-0.2, 0) is 0 Å². The lowest BCUT2D eigenvalue weighted by atomic mass is 10.3. The normalized spacial score (nSPS) is 10.3. The average Bonchev–Trinajstić information content (AvgIpc) is 2.35. The molecule has 0 aliphatic carbocycles. The van der Waals surface area contributed by atoms with Gasteiger partial charge in [0.25, 0.3) is 0 Å². The van der Waals surface area contributed by atoms with E-state index in [2.05, 4.69) is 20.3 Å². The minimum Gasteiger partial charge on any atom is -0.467 e. The molecule has 0 spiro atoms. The van der Waals surface area contributed by atoms with Gasteiger partial charge in [0.1, 0.15) is 0 Å². The van der Waals surface area contributed by atoms with Crippen LogP contribution in [0, 0.1) is 5.82 Å². The smallest absolute Gasteiger partial charge is 0.322 e. The maximum Gasteiger partial charge on any atom is 0.322 e. The van der Waals surface area contributed by atoms with Gasteiger partial charge >= 0.3 is 6.01 Å². The molecule has 2 rings (SSSR count). The van der Waals surface area contributed by atoms with Crippen LogP contribution in [0.15, 0.2) is 12.1 Å². The fourth-order valence-electron chi connectivity index (χ4n) is 1.28. The number of nitrogens with two attached hydrogens (primary N) is 1. The Hall–Kier alpha value is -1.86. The van der Waals surface area contributed by atoms with E-state index in [1.165, 1.54) is 19.2 Å². The summed E-state index contributed by atoms with van der Waals surface area (Å²) in [6.45, 7) is 0. The highest BCUT2D eigenvalue weighted by Gasteiger charge is 2.10. The molecule has 3 N–H and O–H groups in total. The zero-order chi connectivity index (χ0) is 14.0. The summed E-state index contributed by atoms with van der Waals surface area (Å²) in [5.41, 5.74) is 5.88. The molecule has 6 nitrogen and oxygen atoms in total. The molecule has 0 unspecified atom stereocenters. The fraction of sp³-hybridized carbons (Fsp3) is 0.100. The van der Waals surface area contributed by atoms with Crippen LogP contribution in [0.25, 0.3) is 0 Å². The number of halogens is 3. The Kier molecular flexibility index (Phi) is 3.87. The predicted molar refractivity (Wildman–Crippen MR) is 70.5 cm³/mol. The minimum atomic E-state index is -0.693. The first kappa shape index (κ1) is 13.6. The van der Waals surface area contributed by atoms with E-state index in [9.17, 15) is 4.39 Å². The van der Waals surface area contributed by atoms with Crippen LogP contribution >= 0.6 is 23.2 Å². The zero-order valence-electron chi connectivity index (χ0n) is 9.62. The van der Waals surface area contributed by atoms with Crippen molar-refractivity contribution in [3.63, 3.8) is 0 Å². The highest BCUT2D eigenvalue weighted by atomic mass is 35.5. The van der Waals surface area contributed by atoms with E-state index in [-0.39, 0.29) is 28.0 Å². The summed E-state index contributed by atoms with van der Waals surface area (Å²) in [5.74, 6) is -0.585. The number of rotatable bonds is 3. The quantitative estimate of drug-likeness (QED) is 0.848. The number of ether oxygens (including phenoxy) is 1. The second-order valence-corrected chi connectivity index (χ2v) is 4.20. The number of methoxy groups -OCH3 is 1. The third-order valence-electron chi connectivity index (χ3n) is 2.05. The molecule has 0 aliphatic rings. The van der Waals surface area contributed by atoms with Crippen molar-refractivity contribution in [2.24, 2.45) is 0 Å². The maximum absolute atomic E-state index is 13.3. The summed E-state index contributed by atoms with van der Waals surface area (Å²) in [6, 6.07) is 2.74. The molecule has 0 aliphatic heterocycles. The van der Waals surface area contributed by atoms with Crippen LogP contribution in [0.5, 0.6) is 6.01 Å². The summed E-state index contributed by atoms with van der Waals surface area (Å²) in [5, 5.41) is 2.53. The van der Waals surface area contributed by atoms with E-state index >= 15 is 0 Å². The van der Waals surface area contributed by atoms with Gasteiger partial charge in [0.2, 0.25) is 11.9 Å². The van der Waals surface area contributed by atoms with Crippen molar-refractivity contribution in [2.45, 2.75) is 0 Å². The topological polar surface area (TPSA) is 86.0 Å². The van der Waals surface area contributed by atoms with Gasteiger partial charge in [-0.3, -0.25) is 0 Å². The Labute approximate surface area is 117 Å². The molecule has 9 heteroatoms. The molecular formula is C10H8Cl2FN5O. The zero-order valence-corrected chi connectivity index (χ0v) is 11.1. The van der Waals surface area contributed by atoms with Crippen LogP contribution in [0.1, 0.15) is 0 Å². The van der Waals surface area contributed by atoms with E-state index < -0.39 is 5.82 Å². The van der Waals surface area contributed by atoms with Gasteiger partial charge in [0.05, 0.1) is 17.2 Å². The van der Waals surface area contributed by atoms with Gasteiger partial charge in [0.15, 0.2) is 5.82 Å². The summed E-state index contributed by atoms with van der Waals surface area (Å²) in [7, 11) is 1.39. The third kappa shape index (κ3) is 3.12. The first-order chi connectivity index (χ1) is 8.99. The molecule has 0 atom stereocenters. The Bertz CT molecular complexity index is 602. The van der Waals surface area contributed by atoms with E-state index in [0.717, 1.165) is 0 Å². The molecule has 0 saturated carbocycles. The van der Waals surface area contributed by atoms with Crippen LogP contribution in [0.4, 0.5) is 22.0 Å². The van der Waals surface area contributed by atoms with Gasteiger partial charge in [-0.05, 0) is 12.1 Å². The highest BCUT2D eigenvalue weighted by molar-refractivity contribution is 6.35. The Morgan fingerprint density at radius 1 is 1.21 bits per heavy atom. The summed E-state index contributed by atoms with van der Waals surface area (Å²) < 4.78 is 18.1. The van der Waals surface area contributed by atoms with Crippen LogP contribution in [0.2, 0.25) is 10.0 Å². The Morgan fingerprint density at radius 3 is 2.42 bits per heavy atom. The number of nitrogen functional groups attached to an aromatic ring is 1. The van der Waals surface area contributed by atoms with Gasteiger partial charge < -0.3 is 15.8 Å². The highest BCUT2D eigenvalue weighted by Crippen LogP contribution is 2.28. The van der Waals surface area contributed by atoms with Crippen molar-refractivity contribution in [3.05, 3.63) is 28.0 Å². The Balaban J connectivity index is 2.33. The lowest BCUT2D eigenvalue weighted by Gasteiger charge is -2.08. The lowest BCUT2D eigenvalue weighted by Crippen LogP contribution is -2.05. The minimum absolute atomic E-state index is 0.0198. The standard InChI is InChI=1S/C10H8Cl2FN5O/c1-19-10-17-8(14)16-9(18-10)15-4-2-5(11)7(13)6(12)3-4/h2-3H,1H3,(H3,14,15,16,17,18). The van der Waals surface area contributed by atoms with Gasteiger partial charge in [-0.2, -0.15) is 15.0 Å². The molecule has 1 aromatic carbocycles. The second-order valence-electron chi connectivity index (χ2n) is 3.38. The molecule has 1 heterocycles. The third-order valence-corrected chi connectivity index (χ3v) is 2.60. The summed E-state index contributed by atoms with van der Waals surface area (Å²) >= 11 is 11.3. The van der Waals surface area contributed by atoms with Crippen LogP contribution in [-0.4, -0.2) is 22.1 Å². The molecule has 0 bridgehead atoms. The predicted octanol–water partition coefficient (Wildman–Crippen LogP) is 2.65. The first-order valence-corrected chi connectivity index (χ1v) is 5.72. The van der Waals surface area contributed by atoms with Crippen molar-refractivity contribution in [1.29, 1.82) is 0 Å². The van der Waals surface area contributed by atoms with Crippen LogP contribution in [0.3, 0.4) is 0 Å². The van der Waals surface area contributed by atoms with Crippen molar-refractivity contribution >= 4 is 40.8 Å². The van der Waals surface area contributed by atoms with Crippen molar-refractivity contribution in [3.8, 4) is 6.01 Å². The Morgan fingerprint density at radius 2 is 1.84 bits per heavy atom. The average molecular weight is 304 g/mol. The molecule has 1 aromatic heterocycles. The fourth-order valence-corrected chi connectivity index (χ4v) is 1.76. The van der Waals surface area contributed by atoms with E-state index in [4.69, 9.17) is 33.7 Å². The number of hydrogen-bond donors (Lipinski definition) is 2. The van der Waals surface area contributed by atoms with Gasteiger partial charge in [0, 0.05) is 5.69 Å². The summed E-state index contributed by atoms with van der Waals surface area (Å²) in [6.07, 6.45) is 0. The molecule has 0 radical (unpaired) electrons. The number of anilines is 3. The maximum atomic E-state index is 13.3. The first-order valence-electron chi connectivity index (χ1n) is 4.96. The number of nitrogens with zero attached hydrogens (tertiary/aromatic N) is 3. The van der Waals surface area contributed by atoms with Gasteiger partial charge in [-0.1, -0.05) is 23.2 Å². The largest absolute Gasteiger partial charge is 0.467 e. The summed E-state index contributed by atoms with van der Waals surface area (Å²) in [4.78, 5) is 11.5. The number of nitrogens with one attached hydrogen (secondary N) is 1.